The Bertz CT molecular complexity index is 387. The summed E-state index contributed by atoms with van der Waals surface area (Å²) in [7, 11) is 0. The third-order valence-electron chi connectivity index (χ3n) is 3.89. The average molecular weight is 247 g/mol. The molecule has 98 valence electrons. The van der Waals surface area contributed by atoms with E-state index >= 15 is 0 Å². The Labute approximate surface area is 108 Å². The highest BCUT2D eigenvalue weighted by molar-refractivity contribution is 5.69. The van der Waals surface area contributed by atoms with Gasteiger partial charge in [-0.15, -0.1) is 0 Å². The third-order valence-corrected chi connectivity index (χ3v) is 3.89. The molecule has 1 saturated carbocycles. The molecule has 0 radical (unpaired) electrons. The van der Waals surface area contributed by atoms with E-state index in [1.54, 1.807) is 0 Å². The van der Waals surface area contributed by atoms with Crippen LogP contribution in [0.4, 0.5) is 0 Å². The van der Waals surface area contributed by atoms with Gasteiger partial charge in [-0.1, -0.05) is 36.8 Å². The number of carbonyl (C=O) groups is 1. The average Bonchev–Trinajstić information content (AvgIpc) is 2.32. The lowest BCUT2D eigenvalue weighted by Crippen LogP contribution is -2.38. The zero-order valence-electron chi connectivity index (χ0n) is 10.9. The summed E-state index contributed by atoms with van der Waals surface area (Å²) < 4.78 is 0. The van der Waals surface area contributed by atoms with Gasteiger partial charge < -0.3 is 5.11 Å². The molecule has 0 heterocycles. The van der Waals surface area contributed by atoms with Crippen molar-refractivity contribution in [2.75, 3.05) is 13.1 Å². The summed E-state index contributed by atoms with van der Waals surface area (Å²) in [5.74, 6) is -0.0485. The van der Waals surface area contributed by atoms with Crippen molar-refractivity contribution in [3.8, 4) is 0 Å². The minimum atomic E-state index is -0.739. The Morgan fingerprint density at radius 1 is 1.39 bits per heavy atom. The van der Waals surface area contributed by atoms with E-state index in [0.29, 0.717) is 5.92 Å². The van der Waals surface area contributed by atoms with Gasteiger partial charge in [0.2, 0.25) is 0 Å². The molecule has 1 fully saturated rings. The maximum Gasteiger partial charge on any atom is 0.317 e. The van der Waals surface area contributed by atoms with Gasteiger partial charge in [0.25, 0.3) is 0 Å². The summed E-state index contributed by atoms with van der Waals surface area (Å²) in [5.41, 5.74) is 1.19. The van der Waals surface area contributed by atoms with Crippen molar-refractivity contribution < 1.29 is 9.90 Å². The second-order valence-corrected chi connectivity index (χ2v) is 5.21. The third kappa shape index (κ3) is 3.33. The molecule has 0 spiro atoms. The van der Waals surface area contributed by atoms with Crippen molar-refractivity contribution in [3.63, 3.8) is 0 Å². The first-order valence-electron chi connectivity index (χ1n) is 6.67. The van der Waals surface area contributed by atoms with Gasteiger partial charge in [-0.2, -0.15) is 0 Å². The molecule has 1 N–H and O–H groups in total. The lowest BCUT2D eigenvalue weighted by molar-refractivity contribution is -0.139. The lowest BCUT2D eigenvalue weighted by Gasteiger charge is -2.35. The first kappa shape index (κ1) is 13.1. The Morgan fingerprint density at radius 2 is 2.06 bits per heavy atom. The Morgan fingerprint density at radius 3 is 2.56 bits per heavy atom. The van der Waals surface area contributed by atoms with Crippen molar-refractivity contribution in [2.24, 2.45) is 5.92 Å². The van der Waals surface area contributed by atoms with Crippen LogP contribution in [0.5, 0.6) is 0 Å². The van der Waals surface area contributed by atoms with Crippen molar-refractivity contribution in [1.82, 2.24) is 4.90 Å². The fourth-order valence-corrected chi connectivity index (χ4v) is 2.48. The molecule has 1 unspecified atom stereocenters. The molecule has 3 nitrogen and oxygen atoms in total. The van der Waals surface area contributed by atoms with Crippen LogP contribution in [0.25, 0.3) is 0 Å². The van der Waals surface area contributed by atoms with Gasteiger partial charge in [-0.05, 0) is 31.2 Å². The standard InChI is InChI=1S/C15H21NO2/c1-12(14-8-3-2-4-9-14)16(11-15(17)18)10-13-6-5-7-13/h2-4,8-9,12-13H,5-7,10-11H2,1H3,(H,17,18). The molecule has 18 heavy (non-hydrogen) atoms. The van der Waals surface area contributed by atoms with Crippen LogP contribution in [0.3, 0.4) is 0 Å². The molecule has 1 aliphatic carbocycles. The molecular formula is C15H21NO2. The summed E-state index contributed by atoms with van der Waals surface area (Å²) in [6.45, 7) is 3.13. The molecular weight excluding hydrogens is 226 g/mol. The topological polar surface area (TPSA) is 40.5 Å². The summed E-state index contributed by atoms with van der Waals surface area (Å²) in [4.78, 5) is 13.1. The molecule has 2 rings (SSSR count). The fraction of sp³-hybridized carbons (Fsp3) is 0.533. The predicted molar refractivity (Wildman–Crippen MR) is 71.4 cm³/mol. The van der Waals surface area contributed by atoms with Crippen LogP contribution in [-0.4, -0.2) is 29.1 Å². The molecule has 0 aromatic heterocycles. The van der Waals surface area contributed by atoms with Crippen LogP contribution < -0.4 is 0 Å². The maximum absolute atomic E-state index is 11.0. The van der Waals surface area contributed by atoms with Gasteiger partial charge in [-0.25, -0.2) is 0 Å². The monoisotopic (exact) mass is 247 g/mol. The zero-order chi connectivity index (χ0) is 13.0. The SMILES string of the molecule is CC(c1ccccc1)N(CC(=O)O)CC1CCC1. The summed E-state index contributed by atoms with van der Waals surface area (Å²) in [6, 6.07) is 10.3. The van der Waals surface area contributed by atoms with Crippen molar-refractivity contribution in [3.05, 3.63) is 35.9 Å². The smallest absolute Gasteiger partial charge is 0.317 e. The Balaban J connectivity index is 2.04. The predicted octanol–water partition coefficient (Wildman–Crippen LogP) is 2.93. The summed E-state index contributed by atoms with van der Waals surface area (Å²) in [6.07, 6.45) is 3.79. The number of carboxylic acid groups (broad SMARTS) is 1. The van der Waals surface area contributed by atoms with Crippen molar-refractivity contribution >= 4 is 5.97 Å². The van der Waals surface area contributed by atoms with E-state index in [4.69, 9.17) is 5.11 Å². The Hall–Kier alpha value is -1.35. The molecule has 1 atom stereocenters. The molecule has 1 aliphatic rings. The summed E-state index contributed by atoms with van der Waals surface area (Å²) >= 11 is 0. The number of benzene rings is 1. The molecule has 0 saturated heterocycles. The van der Waals surface area contributed by atoms with Crippen LogP contribution >= 0.6 is 0 Å². The first-order valence-corrected chi connectivity index (χ1v) is 6.67. The number of hydrogen-bond donors (Lipinski definition) is 1. The molecule has 0 bridgehead atoms. The summed E-state index contributed by atoms with van der Waals surface area (Å²) in [5, 5.41) is 9.04. The van der Waals surface area contributed by atoms with E-state index in [0.717, 1.165) is 6.54 Å². The van der Waals surface area contributed by atoms with Gasteiger partial charge in [0.1, 0.15) is 0 Å². The molecule has 0 aliphatic heterocycles. The van der Waals surface area contributed by atoms with E-state index in [1.807, 2.05) is 18.2 Å². The second kappa shape index (κ2) is 6.01. The van der Waals surface area contributed by atoms with Crippen molar-refractivity contribution in [2.45, 2.75) is 32.2 Å². The van der Waals surface area contributed by atoms with E-state index in [-0.39, 0.29) is 12.6 Å². The van der Waals surface area contributed by atoms with Gasteiger partial charge in [0.05, 0.1) is 6.54 Å². The zero-order valence-corrected chi connectivity index (χ0v) is 10.9. The lowest BCUT2D eigenvalue weighted by atomic mass is 9.84. The van der Waals surface area contributed by atoms with Crippen LogP contribution in [0.15, 0.2) is 30.3 Å². The van der Waals surface area contributed by atoms with Crippen molar-refractivity contribution in [1.29, 1.82) is 0 Å². The molecule has 0 amide bonds. The van der Waals surface area contributed by atoms with Crippen LogP contribution in [0.1, 0.15) is 37.8 Å². The first-order chi connectivity index (χ1) is 8.66. The van der Waals surface area contributed by atoms with Crippen LogP contribution in [-0.2, 0) is 4.79 Å². The Kier molecular flexibility index (Phi) is 4.37. The highest BCUT2D eigenvalue weighted by atomic mass is 16.4. The molecule has 1 aromatic rings. The van der Waals surface area contributed by atoms with Gasteiger partial charge in [0.15, 0.2) is 0 Å². The number of rotatable bonds is 6. The highest BCUT2D eigenvalue weighted by Crippen LogP contribution is 2.30. The normalized spacial score (nSPS) is 17.4. The molecule has 1 aromatic carbocycles. The van der Waals surface area contributed by atoms with E-state index in [2.05, 4.69) is 24.0 Å². The maximum atomic E-state index is 11.0. The van der Waals surface area contributed by atoms with Gasteiger partial charge in [0, 0.05) is 12.6 Å². The fourth-order valence-electron chi connectivity index (χ4n) is 2.48. The quantitative estimate of drug-likeness (QED) is 0.840. The minimum Gasteiger partial charge on any atom is -0.480 e. The largest absolute Gasteiger partial charge is 0.480 e. The second-order valence-electron chi connectivity index (χ2n) is 5.21. The van der Waals surface area contributed by atoms with Gasteiger partial charge >= 0.3 is 5.97 Å². The number of hydrogen-bond acceptors (Lipinski definition) is 2. The van der Waals surface area contributed by atoms with Crippen LogP contribution in [0, 0.1) is 5.92 Å². The number of carboxylic acids is 1. The van der Waals surface area contributed by atoms with Crippen LogP contribution in [0.2, 0.25) is 0 Å². The van der Waals surface area contributed by atoms with E-state index < -0.39 is 5.97 Å². The van der Waals surface area contributed by atoms with E-state index in [9.17, 15) is 4.79 Å². The highest BCUT2D eigenvalue weighted by Gasteiger charge is 2.25. The van der Waals surface area contributed by atoms with Gasteiger partial charge in [-0.3, -0.25) is 9.69 Å². The number of nitrogens with zero attached hydrogens (tertiary/aromatic N) is 1. The van der Waals surface area contributed by atoms with E-state index in [1.165, 1.54) is 24.8 Å². The number of aliphatic carboxylic acids is 1. The minimum absolute atomic E-state index is 0.132. The molecule has 3 heteroatoms.